The first kappa shape index (κ1) is 59.1. The highest BCUT2D eigenvalue weighted by atomic mass is 16.6. The monoisotopic (exact) mass is 865 g/mol. The number of likely N-dealkylation sites (N-methyl/N-ethyl adjacent to an activating group) is 1. The molecule has 0 aromatic rings. The molecule has 0 aromatic carbocycles. The summed E-state index contributed by atoms with van der Waals surface area (Å²) in [6.45, 7) is 4.78. The van der Waals surface area contributed by atoms with Gasteiger partial charge in [0.15, 0.2) is 12.1 Å². The molecule has 0 radical (unpaired) electrons. The second kappa shape index (κ2) is 44.7. The molecule has 61 heavy (non-hydrogen) atoms. The first-order valence-corrected chi connectivity index (χ1v) is 26.2. The zero-order chi connectivity index (χ0) is 44.9. The number of aliphatic carboxylic acids is 1. The van der Waals surface area contributed by atoms with E-state index in [0.29, 0.717) is 19.3 Å². The van der Waals surface area contributed by atoms with E-state index in [1.807, 2.05) is 21.1 Å². The zero-order valence-electron chi connectivity index (χ0n) is 41.1. The highest BCUT2D eigenvalue weighted by molar-refractivity contribution is 5.72. The number of carbonyl (C=O) groups excluding carboxylic acids is 2. The van der Waals surface area contributed by atoms with E-state index in [-0.39, 0.29) is 36.2 Å². The van der Waals surface area contributed by atoms with Gasteiger partial charge >= 0.3 is 17.9 Å². The van der Waals surface area contributed by atoms with Crippen LogP contribution in [-0.2, 0) is 28.6 Å². The number of ether oxygens (including phenoxy) is 3. The van der Waals surface area contributed by atoms with Gasteiger partial charge in [0.2, 0.25) is 0 Å². The molecule has 0 amide bonds. The van der Waals surface area contributed by atoms with E-state index in [9.17, 15) is 19.5 Å². The predicted molar refractivity (Wildman–Crippen MR) is 257 cm³/mol. The maximum atomic E-state index is 12.8. The van der Waals surface area contributed by atoms with Crippen molar-refractivity contribution in [2.24, 2.45) is 0 Å². The van der Waals surface area contributed by atoms with Gasteiger partial charge in [0.1, 0.15) is 6.61 Å². The van der Waals surface area contributed by atoms with Gasteiger partial charge in [-0.3, -0.25) is 9.59 Å². The third-order valence-electron chi connectivity index (χ3n) is 12.2. The topological polar surface area (TPSA) is 99.1 Å². The zero-order valence-corrected chi connectivity index (χ0v) is 41.1. The Morgan fingerprint density at radius 2 is 0.820 bits per heavy atom. The molecule has 0 bridgehead atoms. The van der Waals surface area contributed by atoms with Crippen LogP contribution in [0.5, 0.6) is 0 Å². The molecule has 0 aliphatic heterocycles. The number of quaternary nitrogens is 1. The van der Waals surface area contributed by atoms with Crippen LogP contribution in [0.2, 0.25) is 0 Å². The molecule has 0 saturated heterocycles. The van der Waals surface area contributed by atoms with E-state index in [0.717, 1.165) is 38.5 Å². The lowest BCUT2D eigenvalue weighted by Crippen LogP contribution is -2.50. The summed E-state index contributed by atoms with van der Waals surface area (Å²) in [5.41, 5.74) is 0. The van der Waals surface area contributed by atoms with E-state index in [4.69, 9.17) is 14.2 Å². The van der Waals surface area contributed by atoms with Crippen LogP contribution in [0.3, 0.4) is 0 Å². The molecule has 2 unspecified atom stereocenters. The molecule has 8 nitrogen and oxygen atoms in total. The van der Waals surface area contributed by atoms with Crippen LogP contribution in [0.15, 0.2) is 12.2 Å². The molecule has 0 fully saturated rings. The highest BCUT2D eigenvalue weighted by Gasteiger charge is 2.31. The number of carboxylic acids is 1. The molecule has 0 rings (SSSR count). The summed E-state index contributed by atoms with van der Waals surface area (Å²) in [4.78, 5) is 37.2. The standard InChI is InChI=1S/C53H101NO7/c1-6-8-10-12-14-16-18-20-22-24-25-26-28-30-32-34-36-38-40-42-44-52(56)61-49(47-59-46-45-50(53(57)58)54(3,4)5)48-60-51(55)43-41-39-37-35-33-31-29-27-23-21-19-17-15-13-11-9-7-2/h21,23,49-50H,6-20,22,24-48H2,1-5H3/p+1/b23-21+. The Labute approximate surface area is 378 Å². The van der Waals surface area contributed by atoms with E-state index in [1.165, 1.54) is 186 Å². The van der Waals surface area contributed by atoms with Crippen molar-refractivity contribution < 1.29 is 38.2 Å². The van der Waals surface area contributed by atoms with Crippen LogP contribution in [0.4, 0.5) is 0 Å². The lowest BCUT2D eigenvalue weighted by molar-refractivity contribution is -0.887. The highest BCUT2D eigenvalue weighted by Crippen LogP contribution is 2.17. The Balaban J connectivity index is 4.20. The second-order valence-corrected chi connectivity index (χ2v) is 19.1. The van der Waals surface area contributed by atoms with Crippen LogP contribution < -0.4 is 0 Å². The SMILES string of the molecule is CCCCCCCC/C=C/CCCCCCCCCC(=O)OCC(COCCC(C(=O)O)[N+](C)(C)C)OC(=O)CCCCCCCCCCCCCCCCCCCCCC. The average molecular weight is 865 g/mol. The van der Waals surface area contributed by atoms with Gasteiger partial charge in [-0.1, -0.05) is 212 Å². The summed E-state index contributed by atoms with van der Waals surface area (Å²) in [7, 11) is 5.55. The van der Waals surface area contributed by atoms with Crippen LogP contribution in [-0.4, -0.2) is 80.6 Å². The quantitative estimate of drug-likeness (QED) is 0.0281. The molecule has 0 aliphatic rings. The summed E-state index contributed by atoms with van der Waals surface area (Å²) >= 11 is 0. The lowest BCUT2D eigenvalue weighted by atomic mass is 10.0. The first-order valence-electron chi connectivity index (χ1n) is 26.2. The van der Waals surface area contributed by atoms with E-state index < -0.39 is 18.1 Å². The minimum Gasteiger partial charge on any atom is -0.477 e. The predicted octanol–water partition coefficient (Wildman–Crippen LogP) is 15.0. The van der Waals surface area contributed by atoms with Crippen LogP contribution in [0, 0.1) is 0 Å². The number of hydrogen-bond donors (Lipinski definition) is 1. The van der Waals surface area contributed by atoms with Gasteiger partial charge < -0.3 is 23.8 Å². The summed E-state index contributed by atoms with van der Waals surface area (Å²) < 4.78 is 17.4. The van der Waals surface area contributed by atoms with E-state index >= 15 is 0 Å². The third-order valence-corrected chi connectivity index (χ3v) is 12.2. The maximum absolute atomic E-state index is 12.8. The summed E-state index contributed by atoms with van der Waals surface area (Å²) in [5, 5.41) is 9.65. The molecule has 0 spiro atoms. The number of esters is 2. The van der Waals surface area contributed by atoms with Gasteiger partial charge in [-0.2, -0.15) is 0 Å². The fraction of sp³-hybridized carbons (Fsp3) is 0.906. The average Bonchev–Trinajstić information content (AvgIpc) is 3.22. The summed E-state index contributed by atoms with van der Waals surface area (Å²) in [5.74, 6) is -1.45. The van der Waals surface area contributed by atoms with Crippen molar-refractivity contribution in [3.05, 3.63) is 12.2 Å². The van der Waals surface area contributed by atoms with Crippen LogP contribution in [0.1, 0.15) is 258 Å². The van der Waals surface area contributed by atoms with E-state index in [1.54, 1.807) is 0 Å². The van der Waals surface area contributed by atoms with Crippen molar-refractivity contribution in [2.75, 3.05) is 41.0 Å². The fourth-order valence-electron chi connectivity index (χ4n) is 8.09. The van der Waals surface area contributed by atoms with Crippen LogP contribution >= 0.6 is 0 Å². The van der Waals surface area contributed by atoms with Gasteiger partial charge in [0.25, 0.3) is 0 Å². The lowest BCUT2D eigenvalue weighted by Gasteiger charge is -2.31. The van der Waals surface area contributed by atoms with Crippen LogP contribution in [0.25, 0.3) is 0 Å². The van der Waals surface area contributed by atoms with Gasteiger partial charge in [-0.05, 0) is 38.5 Å². The molecular weight excluding hydrogens is 763 g/mol. The van der Waals surface area contributed by atoms with Gasteiger partial charge in [0, 0.05) is 19.3 Å². The minimum absolute atomic E-state index is 0.0467. The normalized spacial score (nSPS) is 12.9. The Morgan fingerprint density at radius 1 is 0.475 bits per heavy atom. The second-order valence-electron chi connectivity index (χ2n) is 19.1. The largest absolute Gasteiger partial charge is 0.477 e. The number of nitrogens with zero attached hydrogens (tertiary/aromatic N) is 1. The van der Waals surface area contributed by atoms with Crippen molar-refractivity contribution in [1.82, 2.24) is 0 Å². The van der Waals surface area contributed by atoms with Gasteiger partial charge in [-0.15, -0.1) is 0 Å². The third kappa shape index (κ3) is 43.1. The molecule has 0 aliphatic carbocycles. The first-order chi connectivity index (χ1) is 29.6. The molecule has 2 atom stereocenters. The number of allylic oxidation sites excluding steroid dienone is 2. The Morgan fingerprint density at radius 3 is 1.18 bits per heavy atom. The smallest absolute Gasteiger partial charge is 0.362 e. The molecular formula is C53H102NO7+. The maximum Gasteiger partial charge on any atom is 0.362 e. The number of rotatable bonds is 48. The molecule has 1 N–H and O–H groups in total. The van der Waals surface area contributed by atoms with E-state index in [2.05, 4.69) is 26.0 Å². The molecule has 0 heterocycles. The van der Waals surface area contributed by atoms with Crippen molar-refractivity contribution >= 4 is 17.9 Å². The summed E-state index contributed by atoms with van der Waals surface area (Å²) in [6, 6.07) is -0.611. The Kier molecular flexibility index (Phi) is 43.3. The molecule has 0 saturated carbocycles. The van der Waals surface area contributed by atoms with Crippen molar-refractivity contribution in [2.45, 2.75) is 270 Å². The van der Waals surface area contributed by atoms with Gasteiger partial charge in [-0.25, -0.2) is 4.79 Å². The number of unbranched alkanes of at least 4 members (excludes halogenated alkanes) is 32. The number of hydrogen-bond acceptors (Lipinski definition) is 6. The van der Waals surface area contributed by atoms with Gasteiger partial charge in [0.05, 0.1) is 34.4 Å². The number of carbonyl (C=O) groups is 3. The van der Waals surface area contributed by atoms with Crippen molar-refractivity contribution in [3.8, 4) is 0 Å². The van der Waals surface area contributed by atoms with Crippen molar-refractivity contribution in [1.29, 1.82) is 0 Å². The Hall–Kier alpha value is -1.93. The van der Waals surface area contributed by atoms with Crippen molar-refractivity contribution in [3.63, 3.8) is 0 Å². The molecule has 0 aromatic heterocycles. The molecule has 360 valence electrons. The fourth-order valence-corrected chi connectivity index (χ4v) is 8.09. The number of carboxylic acid groups (broad SMARTS) is 1. The summed E-state index contributed by atoms with van der Waals surface area (Å²) in [6.07, 6.45) is 49.7. The molecule has 8 heteroatoms. The Bertz CT molecular complexity index is 1010. The minimum atomic E-state index is -0.871.